The maximum atomic E-state index is 11.5. The van der Waals surface area contributed by atoms with Gasteiger partial charge in [0.1, 0.15) is 0 Å². The van der Waals surface area contributed by atoms with E-state index >= 15 is 0 Å². The van der Waals surface area contributed by atoms with Crippen molar-refractivity contribution in [2.75, 3.05) is 5.32 Å². The fourth-order valence-electron chi connectivity index (χ4n) is 1.66. The van der Waals surface area contributed by atoms with E-state index in [1.54, 1.807) is 18.2 Å². The van der Waals surface area contributed by atoms with Gasteiger partial charge in [-0.15, -0.1) is 0 Å². The van der Waals surface area contributed by atoms with E-state index in [1.165, 1.54) is 0 Å². The average molecular weight is 244 g/mol. The molecule has 15 heavy (non-hydrogen) atoms. The maximum Gasteiger partial charge on any atom is 0.232 e. The first-order valence-electron chi connectivity index (χ1n) is 4.36. The number of hydrogen-bond acceptors (Lipinski definition) is 2. The topological polar surface area (TPSA) is 46.2 Å². The molecule has 78 valence electrons. The predicted octanol–water partition coefficient (Wildman–Crippen LogP) is 2.53. The molecular formula is C10H7Cl2NO2. The summed E-state index contributed by atoms with van der Waals surface area (Å²) >= 11 is 11.1. The number of anilines is 1. The number of rotatable bonds is 2. The van der Waals surface area contributed by atoms with Crippen LogP contribution in [0.5, 0.6) is 0 Å². The Labute approximate surface area is 96.4 Å². The Kier molecular flexibility index (Phi) is 2.67. The van der Waals surface area contributed by atoms with Crippen LogP contribution in [0.1, 0.15) is 17.9 Å². The van der Waals surface area contributed by atoms with Crippen molar-refractivity contribution in [3.8, 4) is 0 Å². The number of amides is 1. The van der Waals surface area contributed by atoms with Gasteiger partial charge in [0.15, 0.2) is 0 Å². The van der Waals surface area contributed by atoms with Crippen molar-refractivity contribution in [1.29, 1.82) is 0 Å². The Balaban J connectivity index is 2.39. The molecule has 1 aliphatic heterocycles. The normalized spacial score (nSPS) is 18.5. The summed E-state index contributed by atoms with van der Waals surface area (Å²) in [6.45, 7) is 0. The van der Waals surface area contributed by atoms with E-state index in [9.17, 15) is 9.59 Å². The third-order valence-electron chi connectivity index (χ3n) is 2.33. The van der Waals surface area contributed by atoms with Crippen molar-refractivity contribution < 1.29 is 9.59 Å². The van der Waals surface area contributed by atoms with Gasteiger partial charge in [-0.1, -0.05) is 11.6 Å². The highest BCUT2D eigenvalue weighted by atomic mass is 35.5. The SMILES string of the molecule is O=C(Cl)CC1C(=O)Nc2ccc(Cl)cc21. The molecule has 0 spiro atoms. The number of benzene rings is 1. The third kappa shape index (κ3) is 1.98. The minimum Gasteiger partial charge on any atom is -0.325 e. The smallest absolute Gasteiger partial charge is 0.232 e. The Morgan fingerprint density at radius 2 is 2.20 bits per heavy atom. The molecule has 2 rings (SSSR count). The van der Waals surface area contributed by atoms with Gasteiger partial charge < -0.3 is 5.32 Å². The number of carbonyl (C=O) groups excluding carboxylic acids is 2. The van der Waals surface area contributed by atoms with Gasteiger partial charge in [0.25, 0.3) is 0 Å². The first kappa shape index (κ1) is 10.5. The number of nitrogens with one attached hydrogen (secondary N) is 1. The average Bonchev–Trinajstić information content (AvgIpc) is 2.43. The van der Waals surface area contributed by atoms with Crippen LogP contribution in [0.4, 0.5) is 5.69 Å². The maximum absolute atomic E-state index is 11.5. The van der Waals surface area contributed by atoms with Crippen molar-refractivity contribution in [3.05, 3.63) is 28.8 Å². The van der Waals surface area contributed by atoms with Crippen molar-refractivity contribution in [2.45, 2.75) is 12.3 Å². The molecule has 5 heteroatoms. The van der Waals surface area contributed by atoms with Crippen molar-refractivity contribution in [3.63, 3.8) is 0 Å². The van der Waals surface area contributed by atoms with E-state index in [-0.39, 0.29) is 12.3 Å². The molecule has 1 amide bonds. The number of fused-ring (bicyclic) bond motifs is 1. The molecule has 0 aliphatic carbocycles. The van der Waals surface area contributed by atoms with Crippen LogP contribution in [-0.4, -0.2) is 11.1 Å². The van der Waals surface area contributed by atoms with Gasteiger partial charge in [0.2, 0.25) is 11.1 Å². The molecule has 1 unspecified atom stereocenters. The number of halogens is 2. The Morgan fingerprint density at radius 1 is 1.47 bits per heavy atom. The Bertz CT molecular complexity index is 445. The summed E-state index contributed by atoms with van der Waals surface area (Å²) in [5.41, 5.74) is 1.44. The Hall–Kier alpha value is -1.06. The lowest BCUT2D eigenvalue weighted by Crippen LogP contribution is -2.13. The molecule has 1 aliphatic rings. The van der Waals surface area contributed by atoms with Crippen LogP contribution in [0.25, 0.3) is 0 Å². The van der Waals surface area contributed by atoms with Gasteiger partial charge in [0, 0.05) is 17.1 Å². The second-order valence-corrected chi connectivity index (χ2v) is 4.19. The molecule has 0 bridgehead atoms. The monoisotopic (exact) mass is 243 g/mol. The lowest BCUT2D eigenvalue weighted by atomic mass is 9.98. The van der Waals surface area contributed by atoms with E-state index in [4.69, 9.17) is 23.2 Å². The van der Waals surface area contributed by atoms with E-state index in [2.05, 4.69) is 5.32 Å². The number of carbonyl (C=O) groups is 2. The molecule has 1 N–H and O–H groups in total. The molecule has 0 aromatic heterocycles. The highest BCUT2D eigenvalue weighted by Crippen LogP contribution is 2.36. The lowest BCUT2D eigenvalue weighted by Gasteiger charge is -2.04. The Morgan fingerprint density at radius 3 is 2.87 bits per heavy atom. The first-order valence-corrected chi connectivity index (χ1v) is 5.12. The van der Waals surface area contributed by atoms with Crippen LogP contribution in [-0.2, 0) is 9.59 Å². The van der Waals surface area contributed by atoms with Gasteiger partial charge in [-0.3, -0.25) is 9.59 Å². The van der Waals surface area contributed by atoms with E-state index < -0.39 is 11.2 Å². The van der Waals surface area contributed by atoms with Gasteiger partial charge >= 0.3 is 0 Å². The molecule has 1 aromatic rings. The zero-order valence-electron chi connectivity index (χ0n) is 7.59. The molecule has 0 saturated heterocycles. The van der Waals surface area contributed by atoms with Crippen LogP contribution in [0.3, 0.4) is 0 Å². The van der Waals surface area contributed by atoms with Gasteiger partial charge in [-0.25, -0.2) is 0 Å². The van der Waals surface area contributed by atoms with Crippen LogP contribution in [0.15, 0.2) is 18.2 Å². The fourth-order valence-corrected chi connectivity index (χ4v) is 1.99. The van der Waals surface area contributed by atoms with Crippen molar-refractivity contribution >= 4 is 40.0 Å². The molecule has 1 atom stereocenters. The van der Waals surface area contributed by atoms with E-state index in [0.29, 0.717) is 10.7 Å². The largest absolute Gasteiger partial charge is 0.325 e. The van der Waals surface area contributed by atoms with Gasteiger partial charge in [-0.05, 0) is 35.4 Å². The zero-order chi connectivity index (χ0) is 11.0. The summed E-state index contributed by atoms with van der Waals surface area (Å²) in [5.74, 6) is -0.718. The summed E-state index contributed by atoms with van der Waals surface area (Å²) < 4.78 is 0. The summed E-state index contributed by atoms with van der Waals surface area (Å²) in [6, 6.07) is 5.08. The highest BCUT2D eigenvalue weighted by molar-refractivity contribution is 6.63. The van der Waals surface area contributed by atoms with Crippen LogP contribution >= 0.6 is 23.2 Å². The standard InChI is InChI=1S/C10H7Cl2NO2/c11-5-1-2-8-6(3-5)7(4-9(12)14)10(15)13-8/h1-3,7H,4H2,(H,13,15). The zero-order valence-corrected chi connectivity index (χ0v) is 9.10. The minimum absolute atomic E-state index is 0.000725. The first-order chi connectivity index (χ1) is 7.08. The second kappa shape index (κ2) is 3.83. The highest BCUT2D eigenvalue weighted by Gasteiger charge is 2.31. The lowest BCUT2D eigenvalue weighted by molar-refractivity contribution is -0.120. The van der Waals surface area contributed by atoms with E-state index in [0.717, 1.165) is 5.56 Å². The summed E-state index contributed by atoms with van der Waals surface area (Å²) in [6.07, 6.45) is 0.000725. The summed E-state index contributed by atoms with van der Waals surface area (Å²) in [7, 11) is 0. The molecule has 0 saturated carbocycles. The van der Waals surface area contributed by atoms with Crippen molar-refractivity contribution in [1.82, 2.24) is 0 Å². The quantitative estimate of drug-likeness (QED) is 0.812. The van der Waals surface area contributed by atoms with Gasteiger partial charge in [-0.2, -0.15) is 0 Å². The van der Waals surface area contributed by atoms with Crippen LogP contribution < -0.4 is 5.32 Å². The second-order valence-electron chi connectivity index (χ2n) is 3.33. The molecule has 1 aromatic carbocycles. The molecular weight excluding hydrogens is 237 g/mol. The predicted molar refractivity (Wildman–Crippen MR) is 58.3 cm³/mol. The molecule has 0 fully saturated rings. The third-order valence-corrected chi connectivity index (χ3v) is 2.72. The molecule has 0 radical (unpaired) electrons. The van der Waals surface area contributed by atoms with Crippen LogP contribution in [0.2, 0.25) is 5.02 Å². The van der Waals surface area contributed by atoms with Gasteiger partial charge in [0.05, 0.1) is 5.92 Å². The van der Waals surface area contributed by atoms with E-state index in [1.807, 2.05) is 0 Å². The minimum atomic E-state index is -0.525. The molecule has 3 nitrogen and oxygen atoms in total. The summed E-state index contributed by atoms with van der Waals surface area (Å²) in [4.78, 5) is 22.3. The van der Waals surface area contributed by atoms with Crippen LogP contribution in [0, 0.1) is 0 Å². The fraction of sp³-hybridized carbons (Fsp3) is 0.200. The summed E-state index contributed by atoms with van der Waals surface area (Å²) in [5, 5.41) is 2.69. The number of hydrogen-bond donors (Lipinski definition) is 1. The van der Waals surface area contributed by atoms with Crippen molar-refractivity contribution in [2.24, 2.45) is 0 Å². The molecule has 1 heterocycles.